The monoisotopic (exact) mass is 510 g/mol. The van der Waals surface area contributed by atoms with Crippen molar-refractivity contribution in [3.8, 4) is 11.3 Å². The van der Waals surface area contributed by atoms with Crippen molar-refractivity contribution < 1.29 is 9.13 Å². The molecule has 1 saturated carbocycles. The second kappa shape index (κ2) is 9.63. The molecule has 1 aliphatic heterocycles. The molecule has 36 heavy (non-hydrogen) atoms. The Hall–Kier alpha value is -3.30. The number of rotatable bonds is 5. The van der Waals surface area contributed by atoms with E-state index in [0.717, 1.165) is 18.4 Å². The normalized spacial score (nSPS) is 21.0. The van der Waals surface area contributed by atoms with E-state index in [-0.39, 0.29) is 33.9 Å². The summed E-state index contributed by atoms with van der Waals surface area (Å²) in [6, 6.07) is 6.54. The maximum atomic E-state index is 14.9. The summed E-state index contributed by atoms with van der Waals surface area (Å²) in [4.78, 5) is 29.1. The lowest BCUT2D eigenvalue weighted by atomic mass is 10.1. The number of morpholine rings is 1. The first-order chi connectivity index (χ1) is 17.2. The molecular formula is C26H28ClFN6O2. The number of fused-ring (bicyclic) bond motifs is 1. The van der Waals surface area contributed by atoms with Gasteiger partial charge in [-0.1, -0.05) is 11.6 Å². The van der Waals surface area contributed by atoms with Gasteiger partial charge in [0.1, 0.15) is 23.3 Å². The Morgan fingerprint density at radius 3 is 2.72 bits per heavy atom. The van der Waals surface area contributed by atoms with Crippen LogP contribution in [0.4, 0.5) is 10.1 Å². The highest BCUT2D eigenvalue weighted by molar-refractivity contribution is 6.30. The van der Waals surface area contributed by atoms with Crippen molar-refractivity contribution in [2.45, 2.75) is 44.9 Å². The molecule has 2 aliphatic rings. The number of aliphatic imine (C=N–C) groups is 1. The Labute approximate surface area is 213 Å². The van der Waals surface area contributed by atoms with Gasteiger partial charge >= 0.3 is 0 Å². The van der Waals surface area contributed by atoms with E-state index in [1.54, 1.807) is 38.4 Å². The molecule has 0 amide bonds. The lowest BCUT2D eigenvalue weighted by Crippen LogP contribution is -2.48. The van der Waals surface area contributed by atoms with Crippen LogP contribution in [0.15, 0.2) is 45.8 Å². The highest BCUT2D eigenvalue weighted by atomic mass is 35.5. The molecule has 3 heterocycles. The van der Waals surface area contributed by atoms with E-state index in [2.05, 4.69) is 14.9 Å². The Morgan fingerprint density at radius 2 is 2.03 bits per heavy atom. The van der Waals surface area contributed by atoms with Crippen LogP contribution in [-0.4, -0.2) is 52.1 Å². The number of nitrogens with zero attached hydrogens (tertiary/aromatic N) is 5. The quantitative estimate of drug-likeness (QED) is 0.525. The molecule has 1 aliphatic carbocycles. The number of nitrogens with two attached hydrogens (primary N) is 1. The van der Waals surface area contributed by atoms with Crippen molar-refractivity contribution >= 4 is 34.5 Å². The Bertz CT molecular complexity index is 1450. The summed E-state index contributed by atoms with van der Waals surface area (Å²) in [6.45, 7) is 4.76. The minimum atomic E-state index is -0.518. The second-order valence-electron chi connectivity index (χ2n) is 9.39. The zero-order chi connectivity index (χ0) is 25.6. The van der Waals surface area contributed by atoms with Crippen molar-refractivity contribution in [2.75, 3.05) is 18.0 Å². The molecule has 5 rings (SSSR count). The van der Waals surface area contributed by atoms with Crippen LogP contribution >= 0.6 is 11.6 Å². The number of halogens is 2. The molecule has 2 aromatic heterocycles. The molecule has 10 heteroatoms. The van der Waals surface area contributed by atoms with Crippen LogP contribution in [0.5, 0.6) is 0 Å². The van der Waals surface area contributed by atoms with Crippen molar-refractivity contribution in [3.63, 3.8) is 0 Å². The summed E-state index contributed by atoms with van der Waals surface area (Å²) in [5, 5.41) is 0.282. The van der Waals surface area contributed by atoms with Gasteiger partial charge in [0.05, 0.1) is 23.5 Å². The summed E-state index contributed by atoms with van der Waals surface area (Å²) in [5.74, 6) is 0.0352. The van der Waals surface area contributed by atoms with Crippen molar-refractivity contribution in [2.24, 2.45) is 17.8 Å². The summed E-state index contributed by atoms with van der Waals surface area (Å²) in [7, 11) is 1.64. The summed E-state index contributed by atoms with van der Waals surface area (Å²) in [5.41, 5.74) is 8.34. The lowest BCUT2D eigenvalue weighted by Gasteiger charge is -2.38. The number of benzene rings is 1. The van der Waals surface area contributed by atoms with Crippen molar-refractivity contribution in [3.05, 3.63) is 63.1 Å². The standard InChI is InChI=1S/C26H28ClFN6O2/c1-14-12-34(13-23(36-14)16(10-29)11-30-18-5-6-18)22-9-21(19-7-4-17(27)8-20(19)28)32-25-24(22)31-15(2)33(3)26(25)35/h4,7-11,14,18,23H,5-6,12-13,29H2,1-3H3/b16-10+,30-11?. The fraction of sp³-hybridized carbons (Fsp3) is 0.385. The molecule has 0 radical (unpaired) electrons. The second-order valence-corrected chi connectivity index (χ2v) is 9.82. The molecule has 1 saturated heterocycles. The third-order valence-corrected chi connectivity index (χ3v) is 6.83. The number of aromatic nitrogens is 3. The molecule has 188 valence electrons. The zero-order valence-electron chi connectivity index (χ0n) is 20.4. The molecule has 3 aromatic rings. The predicted molar refractivity (Wildman–Crippen MR) is 140 cm³/mol. The van der Waals surface area contributed by atoms with Crippen LogP contribution in [-0.2, 0) is 11.8 Å². The Kier molecular flexibility index (Phi) is 6.53. The largest absolute Gasteiger partial charge is 0.404 e. The average molecular weight is 511 g/mol. The molecule has 1 aromatic carbocycles. The van der Waals surface area contributed by atoms with Crippen LogP contribution in [0.25, 0.3) is 22.3 Å². The fourth-order valence-corrected chi connectivity index (χ4v) is 4.54. The van der Waals surface area contributed by atoms with E-state index in [9.17, 15) is 9.18 Å². The van der Waals surface area contributed by atoms with Gasteiger partial charge in [-0.25, -0.2) is 14.4 Å². The smallest absolute Gasteiger partial charge is 0.279 e. The van der Waals surface area contributed by atoms with E-state index >= 15 is 0 Å². The van der Waals surface area contributed by atoms with Crippen LogP contribution < -0.4 is 16.2 Å². The first-order valence-corrected chi connectivity index (χ1v) is 12.3. The molecular weight excluding hydrogens is 483 g/mol. The highest BCUT2D eigenvalue weighted by Gasteiger charge is 2.30. The van der Waals surface area contributed by atoms with Gasteiger partial charge in [0, 0.05) is 48.7 Å². The van der Waals surface area contributed by atoms with E-state index in [0.29, 0.717) is 41.9 Å². The number of pyridine rings is 1. The minimum absolute atomic E-state index is 0.139. The molecule has 2 N–H and O–H groups in total. The van der Waals surface area contributed by atoms with Crippen LogP contribution in [0, 0.1) is 12.7 Å². The van der Waals surface area contributed by atoms with Crippen molar-refractivity contribution in [1.29, 1.82) is 0 Å². The van der Waals surface area contributed by atoms with Crippen LogP contribution in [0.2, 0.25) is 5.02 Å². The number of anilines is 1. The molecule has 2 atom stereocenters. The van der Waals surface area contributed by atoms with Gasteiger partial charge in [-0.15, -0.1) is 0 Å². The van der Waals surface area contributed by atoms with E-state index in [1.807, 2.05) is 6.92 Å². The van der Waals surface area contributed by atoms with E-state index in [4.69, 9.17) is 27.1 Å². The number of hydrogen-bond donors (Lipinski definition) is 1. The maximum absolute atomic E-state index is 14.9. The van der Waals surface area contributed by atoms with E-state index in [1.165, 1.54) is 16.8 Å². The SMILES string of the molecule is Cc1nc2c(N3CC(C)OC(/C(C=NC4CC4)=C/N)C3)cc(-c3ccc(Cl)cc3F)nc2c(=O)n1C. The molecule has 0 bridgehead atoms. The van der Waals surface area contributed by atoms with Gasteiger partial charge in [0.2, 0.25) is 0 Å². The van der Waals surface area contributed by atoms with Gasteiger partial charge in [0.15, 0.2) is 5.52 Å². The third kappa shape index (κ3) is 4.73. The Balaban J connectivity index is 1.64. The molecule has 2 fully saturated rings. The van der Waals surface area contributed by atoms with Crippen LogP contribution in [0.1, 0.15) is 25.6 Å². The van der Waals surface area contributed by atoms with Gasteiger partial charge in [-0.05, 0) is 51.0 Å². The first kappa shape index (κ1) is 24.4. The molecule has 0 spiro atoms. The summed E-state index contributed by atoms with van der Waals surface area (Å²) in [6.07, 6.45) is 5.05. The van der Waals surface area contributed by atoms with Crippen LogP contribution in [0.3, 0.4) is 0 Å². The fourth-order valence-electron chi connectivity index (χ4n) is 4.38. The van der Waals surface area contributed by atoms with Crippen molar-refractivity contribution in [1.82, 2.24) is 14.5 Å². The maximum Gasteiger partial charge on any atom is 0.279 e. The van der Waals surface area contributed by atoms with Gasteiger partial charge in [-0.3, -0.25) is 14.4 Å². The van der Waals surface area contributed by atoms with Gasteiger partial charge in [0.25, 0.3) is 5.56 Å². The molecule has 2 unspecified atom stereocenters. The number of ether oxygens (including phenoxy) is 1. The summed E-state index contributed by atoms with van der Waals surface area (Å²) >= 11 is 5.97. The topological polar surface area (TPSA) is 98.6 Å². The Morgan fingerprint density at radius 1 is 1.25 bits per heavy atom. The minimum Gasteiger partial charge on any atom is -0.404 e. The van der Waals surface area contributed by atoms with Gasteiger partial charge in [-0.2, -0.15) is 0 Å². The zero-order valence-corrected chi connectivity index (χ0v) is 21.2. The lowest BCUT2D eigenvalue weighted by molar-refractivity contribution is 0.00724. The summed E-state index contributed by atoms with van der Waals surface area (Å²) < 4.78 is 22.5. The number of aryl methyl sites for hydroxylation is 1. The predicted octanol–water partition coefficient (Wildman–Crippen LogP) is 3.77. The third-order valence-electron chi connectivity index (χ3n) is 6.59. The highest BCUT2D eigenvalue weighted by Crippen LogP contribution is 2.33. The van der Waals surface area contributed by atoms with E-state index < -0.39 is 5.82 Å². The first-order valence-electron chi connectivity index (χ1n) is 11.9. The number of hydrogen-bond acceptors (Lipinski definition) is 7. The molecule has 8 nitrogen and oxygen atoms in total. The van der Waals surface area contributed by atoms with Gasteiger partial charge < -0.3 is 15.4 Å². The average Bonchev–Trinajstić information content (AvgIpc) is 3.67.